The zero-order valence-corrected chi connectivity index (χ0v) is 12.3. The predicted molar refractivity (Wildman–Crippen MR) is 87.7 cm³/mol. The molecule has 2 N–H and O–H groups in total. The Morgan fingerprint density at radius 2 is 1.57 bits per heavy atom. The topological polar surface area (TPSA) is 35.2 Å². The second kappa shape index (κ2) is 5.58. The van der Waals surface area contributed by atoms with Crippen LogP contribution in [0.2, 0.25) is 0 Å². The molecule has 0 aliphatic heterocycles. The van der Waals surface area contributed by atoms with Crippen LogP contribution in [0.4, 0.5) is 0 Å². The van der Waals surface area contributed by atoms with Crippen molar-refractivity contribution in [3.8, 4) is 5.75 Å². The fourth-order valence-corrected chi connectivity index (χ4v) is 2.62. The van der Waals surface area contributed by atoms with Gasteiger partial charge in [-0.25, -0.2) is 0 Å². The summed E-state index contributed by atoms with van der Waals surface area (Å²) in [6.45, 7) is 2.09. The molecule has 2 heteroatoms. The number of hydrogen-bond donors (Lipinski definition) is 1. The third-order valence-corrected chi connectivity index (χ3v) is 3.83. The quantitative estimate of drug-likeness (QED) is 0.778. The zero-order valence-electron chi connectivity index (χ0n) is 12.3. The van der Waals surface area contributed by atoms with Gasteiger partial charge >= 0.3 is 0 Å². The normalized spacial score (nSPS) is 12.3. The molecule has 106 valence electrons. The SMILES string of the molecule is COc1ccc2cc(C(N)c3cccc(C)c3)ccc2c1. The standard InChI is InChI=1S/C19H19NO/c1-13-4-3-5-16(10-13)19(20)17-7-6-15-12-18(21-2)9-8-14(15)11-17/h3-12,19H,20H2,1-2H3. The highest BCUT2D eigenvalue weighted by atomic mass is 16.5. The van der Waals surface area contributed by atoms with Gasteiger partial charge in [0.15, 0.2) is 0 Å². The van der Waals surface area contributed by atoms with Crippen LogP contribution in [0.15, 0.2) is 60.7 Å². The van der Waals surface area contributed by atoms with E-state index in [0.717, 1.165) is 22.3 Å². The van der Waals surface area contributed by atoms with Crippen molar-refractivity contribution >= 4 is 10.8 Å². The van der Waals surface area contributed by atoms with Gasteiger partial charge in [-0.3, -0.25) is 0 Å². The first-order chi connectivity index (χ1) is 10.2. The average molecular weight is 277 g/mol. The molecule has 0 amide bonds. The largest absolute Gasteiger partial charge is 0.497 e. The molecule has 0 aliphatic rings. The fraction of sp³-hybridized carbons (Fsp3) is 0.158. The molecule has 0 saturated carbocycles. The molecule has 0 fully saturated rings. The highest BCUT2D eigenvalue weighted by Gasteiger charge is 2.09. The van der Waals surface area contributed by atoms with Crippen molar-refractivity contribution in [2.75, 3.05) is 7.11 Å². The Hall–Kier alpha value is -2.32. The van der Waals surface area contributed by atoms with Crippen LogP contribution in [0.3, 0.4) is 0 Å². The van der Waals surface area contributed by atoms with Gasteiger partial charge < -0.3 is 10.5 Å². The second-order valence-electron chi connectivity index (χ2n) is 5.36. The number of aryl methyl sites for hydroxylation is 1. The van der Waals surface area contributed by atoms with Crippen LogP contribution in [0, 0.1) is 6.92 Å². The van der Waals surface area contributed by atoms with E-state index in [4.69, 9.17) is 10.5 Å². The first-order valence-electron chi connectivity index (χ1n) is 7.07. The van der Waals surface area contributed by atoms with Crippen molar-refractivity contribution in [2.24, 2.45) is 5.73 Å². The summed E-state index contributed by atoms with van der Waals surface area (Å²) < 4.78 is 5.26. The van der Waals surface area contributed by atoms with Gasteiger partial charge in [-0.2, -0.15) is 0 Å². The Morgan fingerprint density at radius 1 is 0.857 bits per heavy atom. The first-order valence-corrected chi connectivity index (χ1v) is 7.07. The van der Waals surface area contributed by atoms with Crippen molar-refractivity contribution < 1.29 is 4.74 Å². The monoisotopic (exact) mass is 277 g/mol. The van der Waals surface area contributed by atoms with Gasteiger partial charge in [0, 0.05) is 0 Å². The van der Waals surface area contributed by atoms with Gasteiger partial charge in [-0.1, -0.05) is 48.0 Å². The molecule has 21 heavy (non-hydrogen) atoms. The summed E-state index contributed by atoms with van der Waals surface area (Å²) in [5.41, 5.74) is 9.90. The van der Waals surface area contributed by atoms with E-state index >= 15 is 0 Å². The lowest BCUT2D eigenvalue weighted by molar-refractivity contribution is 0.415. The average Bonchev–Trinajstić information content (AvgIpc) is 2.53. The molecule has 1 unspecified atom stereocenters. The molecule has 0 aromatic heterocycles. The zero-order chi connectivity index (χ0) is 14.8. The molecule has 3 rings (SSSR count). The van der Waals surface area contributed by atoms with E-state index in [1.165, 1.54) is 10.9 Å². The summed E-state index contributed by atoms with van der Waals surface area (Å²) in [6, 6.07) is 20.7. The van der Waals surface area contributed by atoms with Crippen LogP contribution in [0.25, 0.3) is 10.8 Å². The molecule has 0 bridgehead atoms. The van der Waals surface area contributed by atoms with Crippen LogP contribution >= 0.6 is 0 Å². The molecule has 3 aromatic carbocycles. The molecule has 2 nitrogen and oxygen atoms in total. The van der Waals surface area contributed by atoms with Crippen molar-refractivity contribution in [1.29, 1.82) is 0 Å². The molecule has 0 aliphatic carbocycles. The summed E-state index contributed by atoms with van der Waals surface area (Å²) in [4.78, 5) is 0. The summed E-state index contributed by atoms with van der Waals surface area (Å²) in [6.07, 6.45) is 0. The van der Waals surface area contributed by atoms with E-state index in [9.17, 15) is 0 Å². The maximum atomic E-state index is 6.41. The number of nitrogens with two attached hydrogens (primary N) is 1. The van der Waals surface area contributed by atoms with Gasteiger partial charge in [-0.15, -0.1) is 0 Å². The van der Waals surface area contributed by atoms with Crippen molar-refractivity contribution in [1.82, 2.24) is 0 Å². The van der Waals surface area contributed by atoms with Crippen LogP contribution < -0.4 is 10.5 Å². The number of hydrogen-bond acceptors (Lipinski definition) is 2. The van der Waals surface area contributed by atoms with E-state index in [2.05, 4.69) is 55.5 Å². The van der Waals surface area contributed by atoms with Crippen LogP contribution in [0.1, 0.15) is 22.7 Å². The molecule has 1 atom stereocenters. The Morgan fingerprint density at radius 3 is 2.33 bits per heavy atom. The number of benzene rings is 3. The maximum absolute atomic E-state index is 6.41. The molecule has 0 radical (unpaired) electrons. The molecular weight excluding hydrogens is 258 g/mol. The van der Waals surface area contributed by atoms with E-state index in [1.54, 1.807) is 7.11 Å². The lowest BCUT2D eigenvalue weighted by atomic mass is 9.96. The van der Waals surface area contributed by atoms with Crippen molar-refractivity contribution in [3.63, 3.8) is 0 Å². The highest BCUT2D eigenvalue weighted by molar-refractivity contribution is 5.84. The Labute approximate surface area is 125 Å². The maximum Gasteiger partial charge on any atom is 0.119 e. The summed E-state index contributed by atoms with van der Waals surface area (Å²) in [5.74, 6) is 0.873. The molecule has 0 saturated heterocycles. The number of methoxy groups -OCH3 is 1. The molecule has 3 aromatic rings. The van der Waals surface area contributed by atoms with E-state index in [1.807, 2.05) is 12.1 Å². The molecular formula is C19H19NO. The van der Waals surface area contributed by atoms with Gasteiger partial charge in [0.25, 0.3) is 0 Å². The number of ether oxygens (including phenoxy) is 1. The summed E-state index contributed by atoms with van der Waals surface area (Å²) in [5, 5.41) is 2.34. The minimum Gasteiger partial charge on any atom is -0.497 e. The minimum absolute atomic E-state index is 0.101. The van der Waals surface area contributed by atoms with Crippen LogP contribution in [0.5, 0.6) is 5.75 Å². The predicted octanol–water partition coefficient (Wildman–Crippen LogP) is 4.20. The third kappa shape index (κ3) is 2.76. The van der Waals surface area contributed by atoms with Gasteiger partial charge in [0.05, 0.1) is 13.2 Å². The Balaban J connectivity index is 2.00. The Bertz CT molecular complexity index is 779. The Kier molecular flexibility index (Phi) is 3.63. The van der Waals surface area contributed by atoms with E-state index in [0.29, 0.717) is 0 Å². The molecule has 0 heterocycles. The summed E-state index contributed by atoms with van der Waals surface area (Å²) >= 11 is 0. The first kappa shape index (κ1) is 13.7. The van der Waals surface area contributed by atoms with Crippen LogP contribution in [-0.2, 0) is 0 Å². The second-order valence-corrected chi connectivity index (χ2v) is 5.36. The molecule has 0 spiro atoms. The number of rotatable bonds is 3. The fourth-order valence-electron chi connectivity index (χ4n) is 2.62. The lowest BCUT2D eigenvalue weighted by Gasteiger charge is -2.14. The van der Waals surface area contributed by atoms with Crippen molar-refractivity contribution in [3.05, 3.63) is 77.4 Å². The smallest absolute Gasteiger partial charge is 0.119 e. The minimum atomic E-state index is -0.101. The number of fused-ring (bicyclic) bond motifs is 1. The van der Waals surface area contributed by atoms with Gasteiger partial charge in [0.2, 0.25) is 0 Å². The third-order valence-electron chi connectivity index (χ3n) is 3.83. The van der Waals surface area contributed by atoms with Gasteiger partial charge in [-0.05, 0) is 47.0 Å². The summed E-state index contributed by atoms with van der Waals surface area (Å²) in [7, 11) is 1.68. The van der Waals surface area contributed by atoms with Crippen LogP contribution in [-0.4, -0.2) is 7.11 Å². The van der Waals surface area contributed by atoms with E-state index in [-0.39, 0.29) is 6.04 Å². The lowest BCUT2D eigenvalue weighted by Crippen LogP contribution is -2.11. The highest BCUT2D eigenvalue weighted by Crippen LogP contribution is 2.26. The van der Waals surface area contributed by atoms with Gasteiger partial charge in [0.1, 0.15) is 5.75 Å². The van der Waals surface area contributed by atoms with E-state index < -0.39 is 0 Å². The van der Waals surface area contributed by atoms with Crippen molar-refractivity contribution in [2.45, 2.75) is 13.0 Å².